The minimum atomic E-state index is -4.76. The Morgan fingerprint density at radius 1 is 1.08 bits per heavy atom. The van der Waals surface area contributed by atoms with Gasteiger partial charge in [0.15, 0.2) is 5.60 Å². The Hall–Kier alpha value is -3.40. The summed E-state index contributed by atoms with van der Waals surface area (Å²) in [4.78, 5) is 32.9. The fourth-order valence-electron chi connectivity index (χ4n) is 8.63. The van der Waals surface area contributed by atoms with Crippen LogP contribution in [0.4, 0.5) is 23.2 Å². The van der Waals surface area contributed by atoms with Gasteiger partial charge in [-0.1, -0.05) is 24.6 Å². The van der Waals surface area contributed by atoms with Crippen LogP contribution >= 0.6 is 11.6 Å². The lowest BCUT2D eigenvalue weighted by Crippen LogP contribution is -2.73. The van der Waals surface area contributed by atoms with Gasteiger partial charge in [0, 0.05) is 37.3 Å². The van der Waals surface area contributed by atoms with Gasteiger partial charge in [-0.05, 0) is 98.4 Å². The van der Waals surface area contributed by atoms with E-state index in [2.05, 4.69) is 4.72 Å². The minimum absolute atomic E-state index is 0.0816. The van der Waals surface area contributed by atoms with Crippen LogP contribution in [-0.4, -0.2) is 92.9 Å². The number of likely N-dealkylation sites (tertiary alicyclic amines) is 1. The number of carbonyl (C=O) groups excluding carboxylic acids is 2. The van der Waals surface area contributed by atoms with Crippen molar-refractivity contribution in [1.82, 2.24) is 14.5 Å². The Balaban J connectivity index is 1.46. The number of halogens is 5. The van der Waals surface area contributed by atoms with Gasteiger partial charge in [0.05, 0.1) is 29.6 Å². The van der Waals surface area contributed by atoms with E-state index in [4.69, 9.17) is 21.1 Å². The van der Waals surface area contributed by atoms with Gasteiger partial charge in [0.2, 0.25) is 15.9 Å². The lowest BCUT2D eigenvalue weighted by Gasteiger charge is -2.52. The smallest absolute Gasteiger partial charge is 0.420 e. The van der Waals surface area contributed by atoms with Crippen molar-refractivity contribution in [3.63, 3.8) is 0 Å². The van der Waals surface area contributed by atoms with Gasteiger partial charge in [-0.25, -0.2) is 17.5 Å². The molecule has 0 aliphatic carbocycles. The summed E-state index contributed by atoms with van der Waals surface area (Å²) in [5.74, 6) is -2.83. The summed E-state index contributed by atoms with van der Waals surface area (Å²) in [6.45, 7) is 2.37. The van der Waals surface area contributed by atoms with E-state index in [1.807, 2.05) is 17.0 Å². The van der Waals surface area contributed by atoms with Crippen LogP contribution in [0.5, 0.6) is 5.75 Å². The van der Waals surface area contributed by atoms with E-state index in [1.165, 1.54) is 13.0 Å². The third-order valence-electron chi connectivity index (χ3n) is 12.0. The molecule has 4 atom stereocenters. The number of allylic oxidation sites excluding steroid dienone is 1. The molecule has 2 amide bonds. The van der Waals surface area contributed by atoms with Crippen LogP contribution in [0.25, 0.3) is 0 Å². The van der Waals surface area contributed by atoms with Gasteiger partial charge in [-0.2, -0.15) is 13.2 Å². The second kappa shape index (κ2) is 13.7. The maximum atomic E-state index is 17.1. The summed E-state index contributed by atoms with van der Waals surface area (Å²) in [5, 5.41) is -0.699. The molecule has 2 aromatic carbocycles. The minimum Gasteiger partial charge on any atom is -0.487 e. The van der Waals surface area contributed by atoms with E-state index < -0.39 is 75.3 Å². The third-order valence-corrected chi connectivity index (χ3v) is 14.1. The number of sulfonamides is 1. The zero-order valence-electron chi connectivity index (χ0n) is 29.8. The topological polar surface area (TPSA) is 108 Å². The fourth-order valence-corrected chi connectivity index (χ4v) is 10.2. The molecule has 1 N–H and O–H groups in total. The van der Waals surface area contributed by atoms with E-state index >= 15 is 4.39 Å². The first-order chi connectivity index (χ1) is 25.0. The molecule has 0 unspecified atom stereocenters. The molecule has 2 aromatic rings. The van der Waals surface area contributed by atoms with Crippen molar-refractivity contribution >= 4 is 39.1 Å². The predicted octanol–water partition coefficient (Wildman–Crippen LogP) is 5.87. The van der Waals surface area contributed by atoms with E-state index in [-0.39, 0.29) is 31.7 Å². The van der Waals surface area contributed by atoms with Crippen LogP contribution in [0.1, 0.15) is 73.0 Å². The molecule has 5 aliphatic heterocycles. The SMILES string of the molecule is COC1(C(F)(F)F)CN(C(=O)[C@H]2/C(F)=C/C[C@H](C)[C@@H](C)S(=O)(=O)NC(=O)c3ccc4c(c3)N3CCCCc5cc(Cl)cc(c5CO4)[C@]4(CCCN24)C3)C1. The predicted molar refractivity (Wildman–Crippen MR) is 190 cm³/mol. The average Bonchev–Trinajstić information content (AvgIpc) is 3.49. The van der Waals surface area contributed by atoms with Crippen LogP contribution in [-0.2, 0) is 38.1 Å². The molecule has 53 heavy (non-hydrogen) atoms. The fraction of sp³-hybridized carbons (Fsp3) is 0.568. The molecule has 7 bridgehead atoms. The van der Waals surface area contributed by atoms with Crippen molar-refractivity contribution < 1.29 is 45.0 Å². The van der Waals surface area contributed by atoms with Gasteiger partial charge >= 0.3 is 6.18 Å². The second-order valence-electron chi connectivity index (χ2n) is 15.0. The summed E-state index contributed by atoms with van der Waals surface area (Å²) in [5.41, 5.74) is -0.515. The number of aryl methyl sites for hydroxylation is 1. The van der Waals surface area contributed by atoms with Crippen LogP contribution in [0.3, 0.4) is 0 Å². The molecule has 5 heterocycles. The summed E-state index contributed by atoms with van der Waals surface area (Å²) < 4.78 is 99.9. The first kappa shape index (κ1) is 37.9. The van der Waals surface area contributed by atoms with Crippen molar-refractivity contribution in [2.45, 2.75) is 87.6 Å². The highest BCUT2D eigenvalue weighted by molar-refractivity contribution is 7.90. The van der Waals surface area contributed by atoms with E-state index in [0.717, 1.165) is 41.2 Å². The van der Waals surface area contributed by atoms with Gasteiger partial charge in [0.25, 0.3) is 5.91 Å². The largest absolute Gasteiger partial charge is 0.487 e. The van der Waals surface area contributed by atoms with E-state index in [0.29, 0.717) is 48.7 Å². The molecule has 2 saturated heterocycles. The zero-order valence-corrected chi connectivity index (χ0v) is 31.3. The number of rotatable bonds is 2. The van der Waals surface area contributed by atoms with Crippen LogP contribution in [0.15, 0.2) is 42.2 Å². The number of nitrogens with zero attached hydrogens (tertiary/aromatic N) is 3. The normalized spacial score (nSPS) is 29.6. The number of carbonyl (C=O) groups is 2. The van der Waals surface area contributed by atoms with Crippen molar-refractivity contribution in [1.29, 1.82) is 0 Å². The molecular formula is C37H43ClF4N4O6S. The van der Waals surface area contributed by atoms with Gasteiger partial charge in [-0.15, -0.1) is 0 Å². The monoisotopic (exact) mass is 782 g/mol. The zero-order chi connectivity index (χ0) is 38.1. The Bertz CT molecular complexity index is 1950. The van der Waals surface area contributed by atoms with Crippen LogP contribution in [0, 0.1) is 5.92 Å². The van der Waals surface area contributed by atoms with Crippen molar-refractivity contribution in [3.8, 4) is 5.75 Å². The number of fused-ring (bicyclic) bond motifs is 1. The molecule has 2 fully saturated rings. The first-order valence-electron chi connectivity index (χ1n) is 17.9. The van der Waals surface area contributed by atoms with Crippen LogP contribution in [0.2, 0.25) is 5.02 Å². The number of anilines is 1. The second-order valence-corrected chi connectivity index (χ2v) is 17.5. The Morgan fingerprint density at radius 2 is 1.83 bits per heavy atom. The molecule has 288 valence electrons. The number of hydrogen-bond donors (Lipinski definition) is 1. The van der Waals surface area contributed by atoms with Gasteiger partial charge in [0.1, 0.15) is 24.2 Å². The molecule has 0 aromatic heterocycles. The molecule has 0 saturated carbocycles. The Morgan fingerprint density at radius 3 is 2.55 bits per heavy atom. The van der Waals surface area contributed by atoms with Crippen molar-refractivity contribution in [3.05, 3.63) is 69.5 Å². The lowest BCUT2D eigenvalue weighted by atomic mass is 9.79. The maximum Gasteiger partial charge on any atom is 0.420 e. The molecule has 16 heteroatoms. The summed E-state index contributed by atoms with van der Waals surface area (Å²) in [6, 6.07) is 6.83. The van der Waals surface area contributed by atoms with E-state index in [9.17, 15) is 31.2 Å². The standard InChI is InChI=1S/C37H43ClF4N4O6S/c1-22-8-10-29(39)32(34(48)45-20-36(21-45,51-3)37(40,41)42)46-14-6-12-35(46)19-44-13-5-4-7-24-15-26(38)17-28(35)27(24)18-52-31-11-9-25(16-30(31)44)33(47)43-53(49,50)23(22)2/h9-11,15-17,22-23,32H,4-8,12-14,18-21H2,1-3H3,(H,43,47)/b29-10-/t22-,23+,32+,35-/m0/s1. The molecule has 7 rings (SSSR count). The number of amides is 2. The van der Waals surface area contributed by atoms with Crippen LogP contribution < -0.4 is 14.4 Å². The quantitative estimate of drug-likeness (QED) is 0.378. The highest BCUT2D eigenvalue weighted by Gasteiger charge is 2.65. The lowest BCUT2D eigenvalue weighted by molar-refractivity contribution is -0.307. The highest BCUT2D eigenvalue weighted by Crippen LogP contribution is 2.50. The van der Waals surface area contributed by atoms with Crippen molar-refractivity contribution in [2.24, 2.45) is 5.92 Å². The summed E-state index contributed by atoms with van der Waals surface area (Å²) in [7, 11) is -3.31. The number of nitrogens with one attached hydrogen (secondary N) is 1. The first-order valence-corrected chi connectivity index (χ1v) is 19.9. The molecular weight excluding hydrogens is 740 g/mol. The number of ether oxygens (including phenoxy) is 2. The number of hydrogen-bond acceptors (Lipinski definition) is 8. The summed E-state index contributed by atoms with van der Waals surface area (Å²) >= 11 is 6.83. The van der Waals surface area contributed by atoms with Gasteiger partial charge < -0.3 is 19.3 Å². The number of alkyl halides is 3. The number of benzene rings is 2. The molecule has 0 radical (unpaired) electrons. The van der Waals surface area contributed by atoms with E-state index in [1.54, 1.807) is 24.0 Å². The average molecular weight is 783 g/mol. The number of methoxy groups -OCH3 is 1. The van der Waals surface area contributed by atoms with Crippen molar-refractivity contribution in [2.75, 3.05) is 44.7 Å². The molecule has 1 spiro atoms. The Labute approximate surface area is 311 Å². The third kappa shape index (κ3) is 6.48. The molecule has 10 nitrogen and oxygen atoms in total. The summed E-state index contributed by atoms with van der Waals surface area (Å²) in [6.07, 6.45) is -0.597. The highest BCUT2D eigenvalue weighted by atomic mass is 35.5. The maximum absolute atomic E-state index is 17.1. The Kier molecular flexibility index (Phi) is 9.81. The molecule has 5 aliphatic rings. The van der Waals surface area contributed by atoms with Gasteiger partial charge in [-0.3, -0.25) is 14.5 Å².